The average Bonchev–Trinajstić information content (AvgIpc) is 3.13. The summed E-state index contributed by atoms with van der Waals surface area (Å²) in [5, 5.41) is 0. The molecule has 5 heteroatoms. The summed E-state index contributed by atoms with van der Waals surface area (Å²) in [4.78, 5) is 7.15. The van der Waals surface area contributed by atoms with Crippen LogP contribution in [0.4, 0.5) is 0 Å². The van der Waals surface area contributed by atoms with Crippen molar-refractivity contribution in [2.24, 2.45) is 5.92 Å². The van der Waals surface area contributed by atoms with Gasteiger partial charge in [0.2, 0.25) is 6.79 Å². The highest BCUT2D eigenvalue weighted by atomic mass is 16.7. The summed E-state index contributed by atoms with van der Waals surface area (Å²) in [5.74, 6) is 3.06. The SMILES string of the molecule is c1cnc(-c2ccc3c(c2)OCO3)c(OC2CCN3CCCC2C3)c1. The smallest absolute Gasteiger partial charge is 0.231 e. The number of fused-ring (bicyclic) bond motifs is 3. The van der Waals surface area contributed by atoms with Gasteiger partial charge in [-0.15, -0.1) is 0 Å². The predicted molar refractivity (Wildman–Crippen MR) is 94.0 cm³/mol. The van der Waals surface area contributed by atoms with E-state index in [2.05, 4.69) is 9.88 Å². The number of hydrogen-bond donors (Lipinski definition) is 0. The van der Waals surface area contributed by atoms with Crippen LogP contribution in [-0.2, 0) is 0 Å². The lowest BCUT2D eigenvalue weighted by atomic mass is 9.87. The van der Waals surface area contributed by atoms with Crippen molar-refractivity contribution in [3.05, 3.63) is 36.5 Å². The van der Waals surface area contributed by atoms with E-state index in [1.807, 2.05) is 36.5 Å². The van der Waals surface area contributed by atoms with E-state index in [0.29, 0.717) is 5.92 Å². The van der Waals surface area contributed by atoms with Gasteiger partial charge in [-0.25, -0.2) is 0 Å². The molecule has 2 bridgehead atoms. The highest BCUT2D eigenvalue weighted by molar-refractivity contribution is 5.69. The first-order chi connectivity index (χ1) is 12.4. The molecule has 5 nitrogen and oxygen atoms in total. The third-order valence-corrected chi connectivity index (χ3v) is 5.49. The van der Waals surface area contributed by atoms with E-state index in [9.17, 15) is 0 Å². The second-order valence-corrected chi connectivity index (χ2v) is 7.07. The van der Waals surface area contributed by atoms with Gasteiger partial charge in [0.05, 0.1) is 0 Å². The third kappa shape index (κ3) is 2.82. The molecule has 3 atom stereocenters. The molecule has 25 heavy (non-hydrogen) atoms. The second-order valence-electron chi connectivity index (χ2n) is 7.07. The molecule has 2 aromatic rings. The van der Waals surface area contributed by atoms with E-state index in [1.165, 1.54) is 25.9 Å². The normalized spacial score (nSPS) is 27.1. The number of hydrogen-bond acceptors (Lipinski definition) is 5. The van der Waals surface area contributed by atoms with Crippen LogP contribution in [0.1, 0.15) is 19.3 Å². The summed E-state index contributed by atoms with van der Waals surface area (Å²) >= 11 is 0. The van der Waals surface area contributed by atoms with Crippen LogP contribution in [0.3, 0.4) is 0 Å². The van der Waals surface area contributed by atoms with Crippen molar-refractivity contribution >= 4 is 0 Å². The van der Waals surface area contributed by atoms with Crippen LogP contribution in [0.15, 0.2) is 36.5 Å². The van der Waals surface area contributed by atoms with Gasteiger partial charge in [-0.2, -0.15) is 0 Å². The molecule has 3 unspecified atom stereocenters. The minimum absolute atomic E-state index is 0.282. The number of piperidine rings is 2. The highest BCUT2D eigenvalue weighted by Gasteiger charge is 2.33. The lowest BCUT2D eigenvalue weighted by Gasteiger charge is -2.42. The van der Waals surface area contributed by atoms with E-state index in [4.69, 9.17) is 14.2 Å². The number of nitrogens with zero attached hydrogens (tertiary/aromatic N) is 2. The molecule has 5 rings (SSSR count). The fraction of sp³-hybridized carbons (Fsp3) is 0.450. The van der Waals surface area contributed by atoms with Crippen LogP contribution < -0.4 is 14.2 Å². The van der Waals surface area contributed by atoms with Gasteiger partial charge in [0.15, 0.2) is 11.5 Å². The summed E-state index contributed by atoms with van der Waals surface area (Å²) in [6.45, 7) is 3.84. The number of ether oxygens (including phenoxy) is 3. The Kier molecular flexibility index (Phi) is 3.74. The fourth-order valence-electron chi connectivity index (χ4n) is 4.21. The molecule has 4 heterocycles. The summed E-state index contributed by atoms with van der Waals surface area (Å²) in [5.41, 5.74) is 1.87. The maximum atomic E-state index is 6.48. The van der Waals surface area contributed by atoms with E-state index in [0.717, 1.165) is 41.5 Å². The Morgan fingerprint density at radius 3 is 3.04 bits per heavy atom. The lowest BCUT2D eigenvalue weighted by molar-refractivity contribution is 0.0153. The van der Waals surface area contributed by atoms with Gasteiger partial charge in [-0.1, -0.05) is 0 Å². The lowest BCUT2D eigenvalue weighted by Crippen LogP contribution is -2.48. The third-order valence-electron chi connectivity index (χ3n) is 5.49. The first kappa shape index (κ1) is 15.0. The zero-order chi connectivity index (χ0) is 16.6. The van der Waals surface area contributed by atoms with Crippen molar-refractivity contribution in [2.75, 3.05) is 26.4 Å². The van der Waals surface area contributed by atoms with Crippen molar-refractivity contribution in [3.8, 4) is 28.5 Å². The zero-order valence-electron chi connectivity index (χ0n) is 14.2. The van der Waals surface area contributed by atoms with E-state index in [-0.39, 0.29) is 12.9 Å². The summed E-state index contributed by atoms with van der Waals surface area (Å²) in [6, 6.07) is 9.92. The van der Waals surface area contributed by atoms with E-state index < -0.39 is 0 Å². The molecule has 1 aromatic heterocycles. The van der Waals surface area contributed by atoms with Gasteiger partial charge in [0.1, 0.15) is 17.5 Å². The Bertz CT molecular complexity index is 779. The van der Waals surface area contributed by atoms with Gasteiger partial charge >= 0.3 is 0 Å². The minimum atomic E-state index is 0.282. The van der Waals surface area contributed by atoms with Crippen LogP contribution >= 0.6 is 0 Å². The highest BCUT2D eigenvalue weighted by Crippen LogP contribution is 2.39. The van der Waals surface area contributed by atoms with Crippen molar-refractivity contribution in [3.63, 3.8) is 0 Å². The standard InChI is InChI=1S/C20H22N2O3/c1-4-18(25-16-7-10-22-9-2-3-15(16)12-22)20(21-8-1)14-5-6-17-19(11-14)24-13-23-17/h1,4-6,8,11,15-16H,2-3,7,9-10,12-13H2. The van der Waals surface area contributed by atoms with Crippen molar-refractivity contribution in [1.29, 1.82) is 0 Å². The molecule has 0 aliphatic carbocycles. The van der Waals surface area contributed by atoms with Gasteiger partial charge < -0.3 is 19.1 Å². The number of aromatic nitrogens is 1. The summed E-state index contributed by atoms with van der Waals surface area (Å²) < 4.78 is 17.4. The minimum Gasteiger partial charge on any atom is -0.488 e. The van der Waals surface area contributed by atoms with Gasteiger partial charge in [0.25, 0.3) is 0 Å². The van der Waals surface area contributed by atoms with Gasteiger partial charge in [-0.3, -0.25) is 4.98 Å². The summed E-state index contributed by atoms with van der Waals surface area (Å²) in [6.07, 6.45) is 5.75. The maximum absolute atomic E-state index is 6.48. The molecule has 2 saturated heterocycles. The van der Waals surface area contributed by atoms with Crippen LogP contribution in [0, 0.1) is 5.92 Å². The van der Waals surface area contributed by atoms with Crippen molar-refractivity contribution in [1.82, 2.24) is 9.88 Å². The molecular weight excluding hydrogens is 316 g/mol. The topological polar surface area (TPSA) is 43.8 Å². The van der Waals surface area contributed by atoms with Crippen molar-refractivity contribution in [2.45, 2.75) is 25.4 Å². The van der Waals surface area contributed by atoms with Gasteiger partial charge in [-0.05, 0) is 56.1 Å². The molecule has 2 fully saturated rings. The molecule has 0 N–H and O–H groups in total. The molecule has 3 aliphatic heterocycles. The van der Waals surface area contributed by atoms with Crippen LogP contribution in [-0.4, -0.2) is 42.4 Å². The average molecular weight is 338 g/mol. The zero-order valence-corrected chi connectivity index (χ0v) is 14.2. The quantitative estimate of drug-likeness (QED) is 0.859. The largest absolute Gasteiger partial charge is 0.488 e. The van der Waals surface area contributed by atoms with Crippen LogP contribution in [0.5, 0.6) is 17.2 Å². The van der Waals surface area contributed by atoms with E-state index >= 15 is 0 Å². The van der Waals surface area contributed by atoms with Gasteiger partial charge in [0, 0.05) is 30.8 Å². The number of rotatable bonds is 3. The number of pyridine rings is 1. The molecule has 130 valence electrons. The Balaban J connectivity index is 1.43. The first-order valence-electron chi connectivity index (χ1n) is 9.11. The van der Waals surface area contributed by atoms with Crippen LogP contribution in [0.2, 0.25) is 0 Å². The first-order valence-corrected chi connectivity index (χ1v) is 9.11. The molecule has 0 saturated carbocycles. The second kappa shape index (κ2) is 6.23. The molecular formula is C20H22N2O3. The monoisotopic (exact) mass is 338 g/mol. The molecule has 0 spiro atoms. The molecule has 1 aromatic carbocycles. The molecule has 0 radical (unpaired) electrons. The Labute approximate surface area is 147 Å². The predicted octanol–water partition coefficient (Wildman–Crippen LogP) is 3.34. The van der Waals surface area contributed by atoms with E-state index in [1.54, 1.807) is 0 Å². The Hall–Kier alpha value is -2.27. The number of benzene rings is 1. The fourth-order valence-corrected chi connectivity index (χ4v) is 4.21. The molecule has 0 amide bonds. The van der Waals surface area contributed by atoms with Crippen LogP contribution in [0.25, 0.3) is 11.3 Å². The Morgan fingerprint density at radius 1 is 1.08 bits per heavy atom. The Morgan fingerprint density at radius 2 is 2.04 bits per heavy atom. The van der Waals surface area contributed by atoms with Crippen molar-refractivity contribution < 1.29 is 14.2 Å². The molecule has 3 aliphatic rings. The maximum Gasteiger partial charge on any atom is 0.231 e. The summed E-state index contributed by atoms with van der Waals surface area (Å²) in [7, 11) is 0.